The molecule has 13 heavy (non-hydrogen) atoms. The summed E-state index contributed by atoms with van der Waals surface area (Å²) in [5.74, 6) is 0. The van der Waals surface area contributed by atoms with Crippen molar-refractivity contribution in [3.63, 3.8) is 0 Å². The molecule has 0 aliphatic heterocycles. The molecule has 0 aromatic carbocycles. The first-order valence-electron chi connectivity index (χ1n) is 4.45. The number of halogens is 1. The third-order valence-electron chi connectivity index (χ3n) is 1.53. The smallest absolute Gasteiger partial charge is 0.0221 e. The Balaban J connectivity index is 3.91. The van der Waals surface area contributed by atoms with Gasteiger partial charge in [0.2, 0.25) is 0 Å². The summed E-state index contributed by atoms with van der Waals surface area (Å²) < 4.78 is 0. The van der Waals surface area contributed by atoms with Gasteiger partial charge in [0.25, 0.3) is 0 Å². The van der Waals surface area contributed by atoms with Crippen LogP contribution in [0.4, 0.5) is 0 Å². The Labute approximate surface area is 86.3 Å². The number of rotatable bonds is 5. The molecule has 0 saturated heterocycles. The summed E-state index contributed by atoms with van der Waals surface area (Å²) in [6.45, 7) is 7.91. The van der Waals surface area contributed by atoms with Crippen LogP contribution in [0.3, 0.4) is 0 Å². The topological polar surface area (TPSA) is 0 Å². The molecule has 0 heterocycles. The molecule has 0 nitrogen and oxygen atoms in total. The van der Waals surface area contributed by atoms with Crippen LogP contribution in [0.15, 0.2) is 47.6 Å². The van der Waals surface area contributed by atoms with E-state index >= 15 is 0 Å². The highest BCUT2D eigenvalue weighted by Crippen LogP contribution is 2.16. The van der Waals surface area contributed by atoms with Gasteiger partial charge in [-0.2, -0.15) is 0 Å². The molecule has 1 heteroatoms. The van der Waals surface area contributed by atoms with Crippen LogP contribution in [0, 0.1) is 0 Å². The lowest BCUT2D eigenvalue weighted by molar-refractivity contribution is 1.10. The zero-order valence-electron chi connectivity index (χ0n) is 8.39. The Morgan fingerprint density at radius 3 is 2.54 bits per heavy atom. The molecule has 0 amide bonds. The zero-order valence-corrected chi connectivity index (χ0v) is 9.14. The van der Waals surface area contributed by atoms with E-state index in [9.17, 15) is 0 Å². The SMILES string of the molecule is C=C(C/C=C/C)C/C(Cl)=C\C=C/C. The van der Waals surface area contributed by atoms with E-state index in [0.717, 1.165) is 23.4 Å². The third-order valence-corrected chi connectivity index (χ3v) is 1.79. The average Bonchev–Trinajstić information content (AvgIpc) is 2.11. The van der Waals surface area contributed by atoms with E-state index in [0.29, 0.717) is 0 Å². The first-order chi connectivity index (χ1) is 6.20. The maximum Gasteiger partial charge on any atom is 0.0221 e. The Kier molecular flexibility index (Phi) is 7.42. The van der Waals surface area contributed by atoms with Crippen LogP contribution >= 0.6 is 11.6 Å². The highest BCUT2D eigenvalue weighted by Gasteiger charge is 1.94. The van der Waals surface area contributed by atoms with Gasteiger partial charge in [0, 0.05) is 11.5 Å². The second-order valence-electron chi connectivity index (χ2n) is 2.84. The van der Waals surface area contributed by atoms with E-state index in [-0.39, 0.29) is 0 Å². The van der Waals surface area contributed by atoms with E-state index in [1.807, 2.05) is 38.2 Å². The second-order valence-corrected chi connectivity index (χ2v) is 3.32. The standard InChI is InChI=1S/C12H17Cl/c1-4-6-8-11(3)10-12(13)9-7-5-2/h4-7,9H,3,8,10H2,1-2H3/b6-4+,7-5-,12-9+. The van der Waals surface area contributed by atoms with Gasteiger partial charge in [-0.1, -0.05) is 48.1 Å². The fourth-order valence-electron chi connectivity index (χ4n) is 0.855. The molecule has 0 aliphatic carbocycles. The van der Waals surface area contributed by atoms with Gasteiger partial charge >= 0.3 is 0 Å². The fourth-order valence-corrected chi connectivity index (χ4v) is 1.12. The zero-order chi connectivity index (χ0) is 10.1. The van der Waals surface area contributed by atoms with Gasteiger partial charge < -0.3 is 0 Å². The molecule has 0 bridgehead atoms. The summed E-state index contributed by atoms with van der Waals surface area (Å²) in [7, 11) is 0. The van der Waals surface area contributed by atoms with Gasteiger partial charge in [0.05, 0.1) is 0 Å². The molecule has 0 unspecified atom stereocenters. The van der Waals surface area contributed by atoms with Crippen molar-refractivity contribution in [3.8, 4) is 0 Å². The van der Waals surface area contributed by atoms with Crippen molar-refractivity contribution in [1.82, 2.24) is 0 Å². The van der Waals surface area contributed by atoms with Crippen LogP contribution in [0.2, 0.25) is 0 Å². The number of hydrogen-bond donors (Lipinski definition) is 0. The summed E-state index contributed by atoms with van der Waals surface area (Å²) in [5.41, 5.74) is 1.14. The molecule has 0 aromatic heterocycles. The largest absolute Gasteiger partial charge is 0.0992 e. The predicted octanol–water partition coefficient (Wildman–Crippen LogP) is 4.60. The number of allylic oxidation sites excluding steroid dienone is 7. The molecule has 0 radical (unpaired) electrons. The molecular weight excluding hydrogens is 180 g/mol. The van der Waals surface area contributed by atoms with E-state index < -0.39 is 0 Å². The van der Waals surface area contributed by atoms with E-state index in [2.05, 4.69) is 12.7 Å². The molecule has 0 spiro atoms. The summed E-state index contributed by atoms with van der Waals surface area (Å²) in [5, 5.41) is 0.840. The lowest BCUT2D eigenvalue weighted by Gasteiger charge is -1.99. The van der Waals surface area contributed by atoms with Gasteiger partial charge in [-0.05, 0) is 26.3 Å². The van der Waals surface area contributed by atoms with Crippen molar-refractivity contribution in [1.29, 1.82) is 0 Å². The number of hydrogen-bond acceptors (Lipinski definition) is 0. The lowest BCUT2D eigenvalue weighted by atomic mass is 10.1. The Morgan fingerprint density at radius 1 is 1.31 bits per heavy atom. The van der Waals surface area contributed by atoms with Gasteiger partial charge in [-0.15, -0.1) is 0 Å². The minimum absolute atomic E-state index is 0.774. The minimum Gasteiger partial charge on any atom is -0.0992 e. The molecule has 0 N–H and O–H groups in total. The monoisotopic (exact) mass is 196 g/mol. The van der Waals surface area contributed by atoms with Crippen LogP contribution in [0.1, 0.15) is 26.7 Å². The van der Waals surface area contributed by atoms with Gasteiger partial charge in [0.1, 0.15) is 0 Å². The van der Waals surface area contributed by atoms with Crippen molar-refractivity contribution in [2.24, 2.45) is 0 Å². The first kappa shape index (κ1) is 12.2. The van der Waals surface area contributed by atoms with Crippen LogP contribution in [0.25, 0.3) is 0 Å². The highest BCUT2D eigenvalue weighted by atomic mass is 35.5. The van der Waals surface area contributed by atoms with Gasteiger partial charge in [0.15, 0.2) is 0 Å². The van der Waals surface area contributed by atoms with Gasteiger partial charge in [-0.3, -0.25) is 0 Å². The Morgan fingerprint density at radius 2 is 2.00 bits per heavy atom. The Hall–Kier alpha value is -0.750. The highest BCUT2D eigenvalue weighted by molar-refractivity contribution is 6.29. The maximum absolute atomic E-state index is 5.96. The van der Waals surface area contributed by atoms with E-state index in [1.165, 1.54) is 0 Å². The van der Waals surface area contributed by atoms with Crippen LogP contribution < -0.4 is 0 Å². The minimum atomic E-state index is 0.774. The van der Waals surface area contributed by atoms with Crippen LogP contribution in [0.5, 0.6) is 0 Å². The average molecular weight is 197 g/mol. The Bertz CT molecular complexity index is 232. The van der Waals surface area contributed by atoms with Crippen LogP contribution in [-0.4, -0.2) is 0 Å². The second kappa shape index (κ2) is 7.88. The molecule has 0 aliphatic rings. The van der Waals surface area contributed by atoms with Crippen molar-refractivity contribution in [3.05, 3.63) is 47.6 Å². The summed E-state index contributed by atoms with van der Waals surface area (Å²) in [6, 6.07) is 0. The van der Waals surface area contributed by atoms with Crippen molar-refractivity contribution in [2.45, 2.75) is 26.7 Å². The molecule has 72 valence electrons. The molecule has 0 aromatic rings. The third kappa shape index (κ3) is 7.61. The molecule has 0 rings (SSSR count). The summed E-state index contributed by atoms with van der Waals surface area (Å²) in [6.07, 6.45) is 11.6. The fraction of sp³-hybridized carbons (Fsp3) is 0.333. The predicted molar refractivity (Wildman–Crippen MR) is 61.9 cm³/mol. The molecule has 0 saturated carbocycles. The van der Waals surface area contributed by atoms with Crippen molar-refractivity contribution >= 4 is 11.6 Å². The molecule has 0 fully saturated rings. The van der Waals surface area contributed by atoms with E-state index in [1.54, 1.807) is 0 Å². The molecule has 0 atom stereocenters. The normalized spacial score (nSPS) is 13.0. The van der Waals surface area contributed by atoms with Crippen LogP contribution in [-0.2, 0) is 0 Å². The molecular formula is C12H17Cl. The van der Waals surface area contributed by atoms with Crippen molar-refractivity contribution in [2.75, 3.05) is 0 Å². The van der Waals surface area contributed by atoms with Gasteiger partial charge in [-0.25, -0.2) is 0 Å². The lowest BCUT2D eigenvalue weighted by Crippen LogP contribution is -1.79. The van der Waals surface area contributed by atoms with E-state index in [4.69, 9.17) is 11.6 Å². The quantitative estimate of drug-likeness (QED) is 0.446. The summed E-state index contributed by atoms with van der Waals surface area (Å²) >= 11 is 5.96. The maximum atomic E-state index is 5.96. The summed E-state index contributed by atoms with van der Waals surface area (Å²) in [4.78, 5) is 0. The first-order valence-corrected chi connectivity index (χ1v) is 4.83. The van der Waals surface area contributed by atoms with Crippen molar-refractivity contribution < 1.29 is 0 Å².